The second kappa shape index (κ2) is 4.40. The van der Waals surface area contributed by atoms with Crippen LogP contribution in [-0.4, -0.2) is 31.8 Å². The summed E-state index contributed by atoms with van der Waals surface area (Å²) in [5.41, 5.74) is 0. The third-order valence-corrected chi connectivity index (χ3v) is 2.02. The molecule has 0 amide bonds. The van der Waals surface area contributed by atoms with E-state index in [0.29, 0.717) is 6.54 Å². The molecule has 1 saturated heterocycles. The Morgan fingerprint density at radius 2 is 2.58 bits per heavy atom. The van der Waals surface area contributed by atoms with E-state index in [-0.39, 0.29) is 12.5 Å². The van der Waals surface area contributed by atoms with Gasteiger partial charge in [-0.2, -0.15) is 0 Å². The summed E-state index contributed by atoms with van der Waals surface area (Å²) in [5.74, 6) is -0.907. The topological polar surface area (TPSA) is 38.3 Å². The minimum absolute atomic E-state index is 0.191. The fraction of sp³-hybridized carbons (Fsp3) is 0.875. The minimum atomic E-state index is -1.44. The number of hydrogen-bond donors (Lipinski definition) is 1. The molecule has 0 unspecified atom stereocenters. The number of nitrogens with one attached hydrogen (secondary N) is 1. The third kappa shape index (κ3) is 2.17. The van der Waals surface area contributed by atoms with Gasteiger partial charge >= 0.3 is 5.97 Å². The number of carbonyl (C=O) groups is 1. The van der Waals surface area contributed by atoms with Gasteiger partial charge in [-0.3, -0.25) is 0 Å². The van der Waals surface area contributed by atoms with Gasteiger partial charge in [0.15, 0.2) is 0 Å². The van der Waals surface area contributed by atoms with Crippen molar-refractivity contribution in [1.82, 2.24) is 5.32 Å². The standard InChI is InChI=1S/C8H14FNO2/c1-2-12-8(11)7(9)6-3-4-10-5-6/h6-7,10H,2-5H2,1H3/t6-,7+/m0/s1. The molecule has 12 heavy (non-hydrogen) atoms. The largest absolute Gasteiger partial charge is 0.464 e. The number of ether oxygens (including phenoxy) is 1. The van der Waals surface area contributed by atoms with Crippen LogP contribution < -0.4 is 5.32 Å². The maximum Gasteiger partial charge on any atom is 0.341 e. The van der Waals surface area contributed by atoms with E-state index in [0.717, 1.165) is 13.0 Å². The highest BCUT2D eigenvalue weighted by Crippen LogP contribution is 2.16. The van der Waals surface area contributed by atoms with Crippen molar-refractivity contribution in [3.63, 3.8) is 0 Å². The van der Waals surface area contributed by atoms with Gasteiger partial charge in [0.2, 0.25) is 6.17 Å². The van der Waals surface area contributed by atoms with Crippen LogP contribution in [0, 0.1) is 5.92 Å². The number of halogens is 1. The second-order valence-corrected chi connectivity index (χ2v) is 2.91. The molecular formula is C8H14FNO2. The van der Waals surface area contributed by atoms with E-state index in [1.54, 1.807) is 6.92 Å². The molecular weight excluding hydrogens is 161 g/mol. The average molecular weight is 175 g/mol. The van der Waals surface area contributed by atoms with E-state index in [9.17, 15) is 9.18 Å². The van der Waals surface area contributed by atoms with Crippen LogP contribution in [-0.2, 0) is 9.53 Å². The normalized spacial score (nSPS) is 25.3. The molecule has 1 rings (SSSR count). The van der Waals surface area contributed by atoms with Crippen LogP contribution in [0.15, 0.2) is 0 Å². The van der Waals surface area contributed by atoms with E-state index in [2.05, 4.69) is 10.1 Å². The molecule has 0 spiro atoms. The smallest absolute Gasteiger partial charge is 0.341 e. The van der Waals surface area contributed by atoms with Crippen molar-refractivity contribution in [3.8, 4) is 0 Å². The average Bonchev–Trinajstić information content (AvgIpc) is 2.55. The Hall–Kier alpha value is -0.640. The molecule has 0 aliphatic carbocycles. The maximum absolute atomic E-state index is 13.2. The van der Waals surface area contributed by atoms with Crippen molar-refractivity contribution in [1.29, 1.82) is 0 Å². The molecule has 4 heteroatoms. The zero-order chi connectivity index (χ0) is 8.97. The first-order chi connectivity index (χ1) is 5.75. The number of hydrogen-bond acceptors (Lipinski definition) is 3. The van der Waals surface area contributed by atoms with E-state index in [1.807, 2.05) is 0 Å². The van der Waals surface area contributed by atoms with Gasteiger partial charge in [-0.05, 0) is 19.9 Å². The maximum atomic E-state index is 13.2. The second-order valence-electron chi connectivity index (χ2n) is 2.91. The molecule has 0 bridgehead atoms. The lowest BCUT2D eigenvalue weighted by atomic mass is 10.0. The quantitative estimate of drug-likeness (QED) is 0.635. The first-order valence-corrected chi connectivity index (χ1v) is 4.27. The molecule has 1 heterocycles. The Labute approximate surface area is 71.3 Å². The van der Waals surface area contributed by atoms with Crippen molar-refractivity contribution in [2.24, 2.45) is 5.92 Å². The van der Waals surface area contributed by atoms with Crippen molar-refractivity contribution in [3.05, 3.63) is 0 Å². The highest BCUT2D eigenvalue weighted by atomic mass is 19.1. The molecule has 0 aromatic heterocycles. The van der Waals surface area contributed by atoms with Crippen molar-refractivity contribution >= 4 is 5.97 Å². The Balaban J connectivity index is 2.34. The van der Waals surface area contributed by atoms with Gasteiger partial charge in [0.25, 0.3) is 0 Å². The summed E-state index contributed by atoms with van der Waals surface area (Å²) in [6.45, 7) is 3.31. The van der Waals surface area contributed by atoms with Gasteiger partial charge in [-0.15, -0.1) is 0 Å². The summed E-state index contributed by atoms with van der Waals surface area (Å²) in [7, 11) is 0. The van der Waals surface area contributed by atoms with Gasteiger partial charge in [-0.25, -0.2) is 9.18 Å². The molecule has 0 aromatic rings. The van der Waals surface area contributed by atoms with Crippen molar-refractivity contribution in [2.75, 3.05) is 19.7 Å². The predicted molar refractivity (Wildman–Crippen MR) is 42.5 cm³/mol. The molecule has 70 valence electrons. The van der Waals surface area contributed by atoms with Gasteiger partial charge in [0.1, 0.15) is 0 Å². The molecule has 0 radical (unpaired) electrons. The van der Waals surface area contributed by atoms with Crippen LogP contribution in [0.25, 0.3) is 0 Å². The van der Waals surface area contributed by atoms with Crippen LogP contribution >= 0.6 is 0 Å². The number of carbonyl (C=O) groups excluding carboxylic acids is 1. The lowest BCUT2D eigenvalue weighted by Gasteiger charge is -2.12. The highest BCUT2D eigenvalue weighted by Gasteiger charge is 2.31. The summed E-state index contributed by atoms with van der Waals surface area (Å²) in [6, 6.07) is 0. The fourth-order valence-corrected chi connectivity index (χ4v) is 1.34. The van der Waals surface area contributed by atoms with Crippen LogP contribution in [0.2, 0.25) is 0 Å². The lowest BCUT2D eigenvalue weighted by Crippen LogP contribution is -2.28. The molecule has 1 N–H and O–H groups in total. The van der Waals surface area contributed by atoms with Gasteiger partial charge in [0.05, 0.1) is 6.61 Å². The highest BCUT2D eigenvalue weighted by molar-refractivity contribution is 5.74. The first kappa shape index (κ1) is 9.45. The molecule has 0 saturated carbocycles. The van der Waals surface area contributed by atoms with Crippen LogP contribution in [0.4, 0.5) is 4.39 Å². The number of alkyl halides is 1. The van der Waals surface area contributed by atoms with Crippen molar-refractivity contribution in [2.45, 2.75) is 19.5 Å². The zero-order valence-corrected chi connectivity index (χ0v) is 7.18. The predicted octanol–water partition coefficient (Wildman–Crippen LogP) is 0.497. The monoisotopic (exact) mass is 175 g/mol. The van der Waals surface area contributed by atoms with Gasteiger partial charge in [0, 0.05) is 12.5 Å². The summed E-state index contributed by atoms with van der Waals surface area (Å²) in [6.07, 6.45) is -0.722. The Morgan fingerprint density at radius 1 is 1.83 bits per heavy atom. The van der Waals surface area contributed by atoms with Crippen molar-refractivity contribution < 1.29 is 13.9 Å². The van der Waals surface area contributed by atoms with E-state index in [4.69, 9.17) is 0 Å². The SMILES string of the molecule is CCOC(=O)[C@H](F)[C@H]1CCNC1. The summed E-state index contributed by atoms with van der Waals surface area (Å²) < 4.78 is 17.7. The molecule has 1 aliphatic heterocycles. The molecule has 0 aromatic carbocycles. The fourth-order valence-electron chi connectivity index (χ4n) is 1.34. The number of esters is 1. The van der Waals surface area contributed by atoms with E-state index >= 15 is 0 Å². The van der Waals surface area contributed by atoms with E-state index in [1.165, 1.54) is 0 Å². The van der Waals surface area contributed by atoms with Gasteiger partial charge in [-0.1, -0.05) is 0 Å². The Kier molecular flexibility index (Phi) is 3.47. The summed E-state index contributed by atoms with van der Waals surface area (Å²) in [4.78, 5) is 10.9. The number of rotatable bonds is 3. The third-order valence-electron chi connectivity index (χ3n) is 2.02. The van der Waals surface area contributed by atoms with Gasteiger partial charge < -0.3 is 10.1 Å². The van der Waals surface area contributed by atoms with Crippen LogP contribution in [0.1, 0.15) is 13.3 Å². The molecule has 3 nitrogen and oxygen atoms in total. The minimum Gasteiger partial charge on any atom is -0.464 e. The lowest BCUT2D eigenvalue weighted by molar-refractivity contribution is -0.151. The first-order valence-electron chi connectivity index (χ1n) is 4.27. The Bertz CT molecular complexity index is 157. The summed E-state index contributed by atoms with van der Waals surface area (Å²) in [5, 5.41) is 3.00. The summed E-state index contributed by atoms with van der Waals surface area (Å²) >= 11 is 0. The Morgan fingerprint density at radius 3 is 3.08 bits per heavy atom. The molecule has 2 atom stereocenters. The van der Waals surface area contributed by atoms with Crippen LogP contribution in [0.5, 0.6) is 0 Å². The van der Waals surface area contributed by atoms with Crippen LogP contribution in [0.3, 0.4) is 0 Å². The molecule has 1 fully saturated rings. The zero-order valence-electron chi connectivity index (χ0n) is 7.18. The molecule has 1 aliphatic rings. The van der Waals surface area contributed by atoms with E-state index < -0.39 is 12.1 Å².